The van der Waals surface area contributed by atoms with E-state index in [0.717, 1.165) is 10.4 Å². The van der Waals surface area contributed by atoms with Gasteiger partial charge >= 0.3 is 0 Å². The molecule has 0 bridgehead atoms. The number of carbonyl (C=O) groups excluding carboxylic acids is 1. The molecule has 0 aliphatic rings. The molecule has 5 aromatic rings. The average molecular weight is 645 g/mol. The third kappa shape index (κ3) is 6.83. The highest BCUT2D eigenvalue weighted by atomic mass is 35.5. The number of nitrogens with zero attached hydrogens (tertiary/aromatic N) is 1. The van der Waals surface area contributed by atoms with Crippen LogP contribution in [0.15, 0.2) is 95.9 Å². The minimum absolute atomic E-state index is 0.0284. The highest BCUT2D eigenvalue weighted by molar-refractivity contribution is 7.92. The quantitative estimate of drug-likeness (QED) is 0.176. The van der Waals surface area contributed by atoms with Gasteiger partial charge in [-0.25, -0.2) is 13.4 Å². The lowest BCUT2D eigenvalue weighted by atomic mass is 10.1. The number of aryl methyl sites for hydroxylation is 1. The summed E-state index contributed by atoms with van der Waals surface area (Å²) in [5.74, 6) is 0.265. The Hall–Kier alpha value is -3.60. The molecule has 5 rings (SSSR count). The molecule has 12 heteroatoms. The SMILES string of the molecule is Cc1sc(NC(=O)c2cc(Cl)ccc2NS(=O)(=O)c2ccc(Oc3ccccc3Cl)cc2)nc1-c1ccc(Cl)cc1. The Morgan fingerprint density at radius 1 is 0.878 bits per heavy atom. The first-order valence-electron chi connectivity index (χ1n) is 12.0. The van der Waals surface area contributed by atoms with E-state index in [-0.39, 0.29) is 21.2 Å². The molecule has 1 heterocycles. The lowest BCUT2D eigenvalue weighted by molar-refractivity contribution is 0.102. The first-order chi connectivity index (χ1) is 19.6. The van der Waals surface area contributed by atoms with Crippen molar-refractivity contribution in [1.82, 2.24) is 4.98 Å². The van der Waals surface area contributed by atoms with Crippen molar-refractivity contribution in [3.8, 4) is 22.8 Å². The van der Waals surface area contributed by atoms with Crippen LogP contribution in [-0.4, -0.2) is 19.3 Å². The average Bonchev–Trinajstić information content (AvgIpc) is 3.31. The van der Waals surface area contributed by atoms with E-state index in [1.165, 1.54) is 53.8 Å². The van der Waals surface area contributed by atoms with Gasteiger partial charge in [0.05, 0.1) is 26.9 Å². The number of rotatable bonds is 8. The zero-order chi connectivity index (χ0) is 29.1. The number of benzene rings is 4. The van der Waals surface area contributed by atoms with Crippen molar-refractivity contribution in [2.24, 2.45) is 0 Å². The minimum atomic E-state index is -4.07. The second kappa shape index (κ2) is 12.1. The number of thiazole rings is 1. The number of amides is 1. The van der Waals surface area contributed by atoms with E-state index < -0.39 is 15.9 Å². The molecule has 0 unspecified atom stereocenters. The molecule has 0 aliphatic heterocycles. The van der Waals surface area contributed by atoms with Crippen LogP contribution < -0.4 is 14.8 Å². The first kappa shape index (κ1) is 28.9. The summed E-state index contributed by atoms with van der Waals surface area (Å²) in [5, 5.41) is 4.39. The molecular formula is C29H20Cl3N3O4S2. The van der Waals surface area contributed by atoms with Crippen LogP contribution in [0.2, 0.25) is 15.1 Å². The van der Waals surface area contributed by atoms with E-state index in [4.69, 9.17) is 39.5 Å². The normalized spacial score (nSPS) is 11.2. The van der Waals surface area contributed by atoms with Gasteiger partial charge in [0.15, 0.2) is 5.13 Å². The Kier molecular flexibility index (Phi) is 8.53. The van der Waals surface area contributed by atoms with E-state index in [1.807, 2.05) is 19.1 Å². The Balaban J connectivity index is 1.35. The van der Waals surface area contributed by atoms with E-state index >= 15 is 0 Å². The number of sulfonamides is 1. The number of hydrogen-bond acceptors (Lipinski definition) is 6. The molecule has 2 N–H and O–H groups in total. The highest BCUT2D eigenvalue weighted by Gasteiger charge is 2.21. The topological polar surface area (TPSA) is 97.4 Å². The lowest BCUT2D eigenvalue weighted by Gasteiger charge is -2.13. The van der Waals surface area contributed by atoms with Gasteiger partial charge in [0, 0.05) is 20.5 Å². The zero-order valence-electron chi connectivity index (χ0n) is 21.2. The fourth-order valence-electron chi connectivity index (χ4n) is 3.83. The summed E-state index contributed by atoms with van der Waals surface area (Å²) >= 11 is 19.6. The molecule has 0 saturated carbocycles. The van der Waals surface area contributed by atoms with Gasteiger partial charge in [-0.1, -0.05) is 59.1 Å². The Morgan fingerprint density at radius 2 is 1.56 bits per heavy atom. The third-order valence-corrected chi connectivity index (χ3v) is 8.87. The summed E-state index contributed by atoms with van der Waals surface area (Å²) in [6, 6.07) is 24.3. The van der Waals surface area contributed by atoms with Crippen molar-refractivity contribution in [1.29, 1.82) is 0 Å². The molecular weight excluding hydrogens is 625 g/mol. The van der Waals surface area contributed by atoms with Crippen molar-refractivity contribution in [2.75, 3.05) is 10.0 Å². The molecule has 1 amide bonds. The van der Waals surface area contributed by atoms with Crippen LogP contribution in [0.5, 0.6) is 11.5 Å². The number of ether oxygens (including phenoxy) is 1. The smallest absolute Gasteiger partial charge is 0.261 e. The molecule has 4 aromatic carbocycles. The van der Waals surface area contributed by atoms with Gasteiger partial charge in [0.25, 0.3) is 15.9 Å². The molecule has 7 nitrogen and oxygen atoms in total. The van der Waals surface area contributed by atoms with Crippen LogP contribution in [0, 0.1) is 6.92 Å². The van der Waals surface area contributed by atoms with E-state index in [0.29, 0.717) is 32.4 Å². The second-order valence-corrected chi connectivity index (χ2v) is 12.8. The molecule has 41 heavy (non-hydrogen) atoms. The number of halogens is 3. The number of anilines is 2. The van der Waals surface area contributed by atoms with E-state index in [1.54, 1.807) is 36.4 Å². The van der Waals surface area contributed by atoms with Crippen LogP contribution in [0.3, 0.4) is 0 Å². The van der Waals surface area contributed by atoms with Gasteiger partial charge in [0.2, 0.25) is 0 Å². The van der Waals surface area contributed by atoms with E-state index in [2.05, 4.69) is 15.0 Å². The van der Waals surface area contributed by atoms with Crippen molar-refractivity contribution in [3.05, 3.63) is 117 Å². The first-order valence-corrected chi connectivity index (χ1v) is 15.4. The van der Waals surface area contributed by atoms with Crippen LogP contribution in [-0.2, 0) is 10.0 Å². The summed E-state index contributed by atoms with van der Waals surface area (Å²) in [7, 11) is -4.07. The van der Waals surface area contributed by atoms with Gasteiger partial charge in [-0.3, -0.25) is 14.8 Å². The summed E-state index contributed by atoms with van der Waals surface area (Å²) in [6.07, 6.45) is 0. The predicted molar refractivity (Wildman–Crippen MR) is 165 cm³/mol. The highest BCUT2D eigenvalue weighted by Crippen LogP contribution is 2.33. The third-order valence-electron chi connectivity index (χ3n) is 5.80. The monoisotopic (exact) mass is 643 g/mol. The Bertz CT molecular complexity index is 1840. The molecule has 0 aliphatic carbocycles. The summed E-state index contributed by atoms with van der Waals surface area (Å²) in [6.45, 7) is 1.89. The van der Waals surface area contributed by atoms with Gasteiger partial charge in [-0.2, -0.15) is 0 Å². The van der Waals surface area contributed by atoms with Crippen molar-refractivity contribution in [2.45, 2.75) is 11.8 Å². The zero-order valence-corrected chi connectivity index (χ0v) is 25.1. The number of nitrogens with one attached hydrogen (secondary N) is 2. The Morgan fingerprint density at radius 3 is 2.27 bits per heavy atom. The van der Waals surface area contributed by atoms with Gasteiger partial charge in [0.1, 0.15) is 11.5 Å². The molecule has 0 spiro atoms. The summed E-state index contributed by atoms with van der Waals surface area (Å²) in [4.78, 5) is 18.7. The number of para-hydroxylation sites is 1. The van der Waals surface area contributed by atoms with Gasteiger partial charge in [-0.15, -0.1) is 11.3 Å². The standard InChI is InChI=1S/C29H20Cl3N3O4S2/c1-17-27(18-6-8-19(30)9-7-18)33-29(40-17)34-28(36)23-16-20(31)10-15-25(23)35-41(37,38)22-13-11-21(12-14-22)39-26-5-3-2-4-24(26)32/h2-16,35H,1H3,(H,33,34,36). The van der Waals surface area contributed by atoms with Crippen molar-refractivity contribution in [3.63, 3.8) is 0 Å². The maximum absolute atomic E-state index is 13.3. The molecule has 0 radical (unpaired) electrons. The molecule has 0 atom stereocenters. The van der Waals surface area contributed by atoms with Gasteiger partial charge in [-0.05, 0) is 73.7 Å². The van der Waals surface area contributed by atoms with Crippen molar-refractivity contribution >= 4 is 72.9 Å². The molecule has 0 fully saturated rings. The Labute approximate surface area is 255 Å². The van der Waals surface area contributed by atoms with Crippen LogP contribution in [0.25, 0.3) is 11.3 Å². The number of hydrogen-bond donors (Lipinski definition) is 2. The maximum Gasteiger partial charge on any atom is 0.261 e. The van der Waals surface area contributed by atoms with Gasteiger partial charge < -0.3 is 4.74 Å². The van der Waals surface area contributed by atoms with Crippen LogP contribution in [0.1, 0.15) is 15.2 Å². The predicted octanol–water partition coefficient (Wildman–Crippen LogP) is 8.92. The molecule has 0 saturated heterocycles. The second-order valence-electron chi connectivity index (χ2n) is 8.68. The fourth-order valence-corrected chi connectivity index (χ4v) is 6.21. The maximum atomic E-state index is 13.3. The molecule has 208 valence electrons. The van der Waals surface area contributed by atoms with Crippen molar-refractivity contribution < 1.29 is 17.9 Å². The minimum Gasteiger partial charge on any atom is -0.456 e. The fraction of sp³-hybridized carbons (Fsp3) is 0.0345. The largest absolute Gasteiger partial charge is 0.456 e. The molecule has 1 aromatic heterocycles. The van der Waals surface area contributed by atoms with E-state index in [9.17, 15) is 13.2 Å². The van der Waals surface area contributed by atoms with Crippen LogP contribution in [0.4, 0.5) is 10.8 Å². The lowest BCUT2D eigenvalue weighted by Crippen LogP contribution is -2.18. The number of carbonyl (C=O) groups is 1. The van der Waals surface area contributed by atoms with Crippen LogP contribution >= 0.6 is 46.1 Å². The summed E-state index contributed by atoms with van der Waals surface area (Å²) < 4.78 is 34.6. The number of aromatic nitrogens is 1. The summed E-state index contributed by atoms with van der Waals surface area (Å²) in [5.41, 5.74) is 1.63.